The molecule has 115 valence electrons. The van der Waals surface area contributed by atoms with Crippen molar-refractivity contribution in [2.75, 3.05) is 11.9 Å². The molecule has 0 aliphatic rings. The molecule has 3 aromatic rings. The molecular weight excluding hydrogens is 282 g/mol. The summed E-state index contributed by atoms with van der Waals surface area (Å²) in [5.41, 5.74) is 2.27. The Balaban J connectivity index is 1.55. The molecule has 0 spiro atoms. The number of para-hydroxylation sites is 2. The smallest absolute Gasteiger partial charge is 0.151 e. The standard InChI is InChI=1S/C21H20NO/c1-3-10-18(11-4-1)12-9-17-22-20-15-7-8-16-21(20)23-19-13-5-2-6-14-19/h1-8,10-11,13-14,16,22H,9,12,17H2. The number of benzene rings is 3. The van der Waals surface area contributed by atoms with Crippen LogP contribution in [0.5, 0.6) is 11.5 Å². The lowest BCUT2D eigenvalue weighted by atomic mass is 10.1. The van der Waals surface area contributed by atoms with E-state index in [0.717, 1.165) is 36.6 Å². The van der Waals surface area contributed by atoms with Gasteiger partial charge in [0.2, 0.25) is 0 Å². The fraction of sp³-hybridized carbons (Fsp3) is 0.143. The SMILES string of the molecule is [c]1cccc(Oc2ccccc2)c1NCCCc1ccccc1. The first-order valence-corrected chi connectivity index (χ1v) is 7.93. The average molecular weight is 302 g/mol. The Morgan fingerprint density at radius 2 is 1.57 bits per heavy atom. The second-order valence-corrected chi connectivity index (χ2v) is 5.34. The fourth-order valence-electron chi connectivity index (χ4n) is 2.41. The molecule has 3 aromatic carbocycles. The molecule has 0 amide bonds. The first kappa shape index (κ1) is 15.2. The van der Waals surface area contributed by atoms with Crippen molar-refractivity contribution in [1.82, 2.24) is 0 Å². The molecule has 0 bridgehead atoms. The Morgan fingerprint density at radius 1 is 0.826 bits per heavy atom. The first-order chi connectivity index (χ1) is 11.4. The maximum Gasteiger partial charge on any atom is 0.151 e. The van der Waals surface area contributed by atoms with Gasteiger partial charge in [-0.15, -0.1) is 0 Å². The molecule has 1 N–H and O–H groups in total. The Hall–Kier alpha value is -2.74. The molecule has 0 aliphatic heterocycles. The second kappa shape index (κ2) is 8.04. The summed E-state index contributed by atoms with van der Waals surface area (Å²) in [5, 5.41) is 3.42. The maximum absolute atomic E-state index is 5.93. The number of hydrogen-bond acceptors (Lipinski definition) is 2. The molecule has 0 unspecified atom stereocenters. The van der Waals surface area contributed by atoms with Gasteiger partial charge < -0.3 is 10.1 Å². The van der Waals surface area contributed by atoms with Crippen LogP contribution in [-0.4, -0.2) is 6.54 Å². The van der Waals surface area contributed by atoms with Gasteiger partial charge >= 0.3 is 0 Å². The van der Waals surface area contributed by atoms with Gasteiger partial charge in [0.25, 0.3) is 0 Å². The molecule has 0 aromatic heterocycles. The van der Waals surface area contributed by atoms with E-state index in [1.807, 2.05) is 54.6 Å². The third-order valence-corrected chi connectivity index (χ3v) is 3.58. The van der Waals surface area contributed by atoms with Crippen LogP contribution in [0.2, 0.25) is 0 Å². The summed E-state index contributed by atoms with van der Waals surface area (Å²) in [6.07, 6.45) is 2.13. The van der Waals surface area contributed by atoms with Crippen molar-refractivity contribution in [2.24, 2.45) is 0 Å². The van der Waals surface area contributed by atoms with Crippen molar-refractivity contribution in [3.63, 3.8) is 0 Å². The van der Waals surface area contributed by atoms with Gasteiger partial charge in [-0.25, -0.2) is 0 Å². The normalized spacial score (nSPS) is 10.3. The second-order valence-electron chi connectivity index (χ2n) is 5.34. The van der Waals surface area contributed by atoms with E-state index < -0.39 is 0 Å². The van der Waals surface area contributed by atoms with Gasteiger partial charge in [-0.1, -0.05) is 60.7 Å². The lowest BCUT2D eigenvalue weighted by Gasteiger charge is -2.12. The molecule has 0 saturated carbocycles. The summed E-state index contributed by atoms with van der Waals surface area (Å²) in [6, 6.07) is 29.4. The van der Waals surface area contributed by atoms with Gasteiger partial charge in [0.1, 0.15) is 5.75 Å². The van der Waals surface area contributed by atoms with E-state index in [9.17, 15) is 0 Å². The predicted molar refractivity (Wildman–Crippen MR) is 95.0 cm³/mol. The largest absolute Gasteiger partial charge is 0.455 e. The van der Waals surface area contributed by atoms with Crippen LogP contribution in [0, 0.1) is 6.07 Å². The molecule has 2 heteroatoms. The van der Waals surface area contributed by atoms with Crippen LogP contribution in [0.1, 0.15) is 12.0 Å². The van der Waals surface area contributed by atoms with Crippen LogP contribution in [0.4, 0.5) is 5.69 Å². The third-order valence-electron chi connectivity index (χ3n) is 3.58. The van der Waals surface area contributed by atoms with Gasteiger partial charge in [-0.05, 0) is 36.6 Å². The van der Waals surface area contributed by atoms with Crippen LogP contribution in [0.25, 0.3) is 0 Å². The zero-order valence-electron chi connectivity index (χ0n) is 13.0. The lowest BCUT2D eigenvalue weighted by molar-refractivity contribution is 0.484. The highest BCUT2D eigenvalue weighted by atomic mass is 16.5. The monoisotopic (exact) mass is 302 g/mol. The quantitative estimate of drug-likeness (QED) is 0.596. The minimum absolute atomic E-state index is 0.804. The maximum atomic E-state index is 5.93. The van der Waals surface area contributed by atoms with Crippen molar-refractivity contribution in [2.45, 2.75) is 12.8 Å². The van der Waals surface area contributed by atoms with Crippen LogP contribution >= 0.6 is 0 Å². The highest BCUT2D eigenvalue weighted by molar-refractivity contribution is 5.56. The fourth-order valence-corrected chi connectivity index (χ4v) is 2.41. The molecule has 3 rings (SSSR count). The summed E-state index contributed by atoms with van der Waals surface area (Å²) >= 11 is 0. The zero-order valence-corrected chi connectivity index (χ0v) is 13.0. The van der Waals surface area contributed by atoms with Gasteiger partial charge in [0.15, 0.2) is 5.75 Å². The highest BCUT2D eigenvalue weighted by Crippen LogP contribution is 2.28. The van der Waals surface area contributed by atoms with Gasteiger partial charge in [0.05, 0.1) is 5.69 Å². The van der Waals surface area contributed by atoms with E-state index in [1.165, 1.54) is 5.56 Å². The van der Waals surface area contributed by atoms with E-state index in [2.05, 4.69) is 35.6 Å². The number of aryl methyl sites for hydroxylation is 1. The van der Waals surface area contributed by atoms with Crippen molar-refractivity contribution in [3.05, 3.63) is 90.5 Å². The molecule has 0 heterocycles. The van der Waals surface area contributed by atoms with Gasteiger partial charge in [-0.2, -0.15) is 0 Å². The topological polar surface area (TPSA) is 21.3 Å². The first-order valence-electron chi connectivity index (χ1n) is 7.93. The summed E-state index contributed by atoms with van der Waals surface area (Å²) in [5.74, 6) is 1.64. The third kappa shape index (κ3) is 4.62. The summed E-state index contributed by atoms with van der Waals surface area (Å²) in [4.78, 5) is 0. The van der Waals surface area contributed by atoms with Crippen LogP contribution in [0.3, 0.4) is 0 Å². The minimum atomic E-state index is 0.804. The number of anilines is 1. The number of hydrogen-bond donors (Lipinski definition) is 1. The minimum Gasteiger partial charge on any atom is -0.455 e. The Morgan fingerprint density at radius 3 is 2.35 bits per heavy atom. The van der Waals surface area contributed by atoms with E-state index >= 15 is 0 Å². The van der Waals surface area contributed by atoms with Gasteiger partial charge in [-0.3, -0.25) is 0 Å². The van der Waals surface area contributed by atoms with Crippen molar-refractivity contribution in [1.29, 1.82) is 0 Å². The Labute approximate surface area is 137 Å². The molecule has 1 radical (unpaired) electrons. The summed E-state index contributed by atoms with van der Waals surface area (Å²) in [6.45, 7) is 0.889. The zero-order chi connectivity index (χ0) is 15.7. The molecule has 0 saturated heterocycles. The van der Waals surface area contributed by atoms with E-state index in [1.54, 1.807) is 0 Å². The average Bonchev–Trinajstić information content (AvgIpc) is 2.62. The van der Waals surface area contributed by atoms with Crippen LogP contribution < -0.4 is 10.1 Å². The molecule has 0 fully saturated rings. The van der Waals surface area contributed by atoms with E-state index in [0.29, 0.717) is 0 Å². The number of ether oxygens (including phenoxy) is 1. The van der Waals surface area contributed by atoms with E-state index in [-0.39, 0.29) is 0 Å². The van der Waals surface area contributed by atoms with Crippen LogP contribution in [0.15, 0.2) is 78.9 Å². The van der Waals surface area contributed by atoms with Gasteiger partial charge in [0, 0.05) is 12.6 Å². The van der Waals surface area contributed by atoms with Crippen molar-refractivity contribution in [3.8, 4) is 11.5 Å². The number of nitrogens with one attached hydrogen (secondary N) is 1. The van der Waals surface area contributed by atoms with Crippen molar-refractivity contribution >= 4 is 5.69 Å². The molecular formula is C21H20NO. The predicted octanol–water partition coefficient (Wildman–Crippen LogP) is 5.32. The molecule has 23 heavy (non-hydrogen) atoms. The molecule has 0 atom stereocenters. The van der Waals surface area contributed by atoms with Crippen LogP contribution in [-0.2, 0) is 6.42 Å². The lowest BCUT2D eigenvalue weighted by Crippen LogP contribution is -2.04. The summed E-state index contributed by atoms with van der Waals surface area (Å²) < 4.78 is 5.93. The molecule has 0 aliphatic carbocycles. The molecule has 2 nitrogen and oxygen atoms in total. The highest BCUT2D eigenvalue weighted by Gasteiger charge is 2.04. The van der Waals surface area contributed by atoms with E-state index in [4.69, 9.17) is 4.74 Å². The summed E-state index contributed by atoms with van der Waals surface area (Å²) in [7, 11) is 0. The Bertz CT molecular complexity index is 710. The van der Waals surface area contributed by atoms with Crippen molar-refractivity contribution < 1.29 is 4.74 Å². The number of rotatable bonds is 7. The Kier molecular flexibility index (Phi) is 5.30.